The van der Waals surface area contributed by atoms with E-state index >= 15 is 0 Å². The third-order valence-corrected chi connectivity index (χ3v) is 5.86. The molecule has 2 aromatic rings. The van der Waals surface area contributed by atoms with Gasteiger partial charge in [0.15, 0.2) is 5.78 Å². The number of aliphatic hydroxyl groups is 2. The van der Waals surface area contributed by atoms with Crippen LogP contribution in [0.2, 0.25) is 0 Å². The van der Waals surface area contributed by atoms with E-state index < -0.39 is 17.5 Å². The largest absolute Gasteiger partial charge is 0.490 e. The molecule has 0 radical (unpaired) electrons. The zero-order valence-electron chi connectivity index (χ0n) is 15.5. The first-order valence-electron chi connectivity index (χ1n) is 9.28. The van der Waals surface area contributed by atoms with Crippen molar-refractivity contribution in [1.29, 1.82) is 0 Å². The second-order valence-electron chi connectivity index (χ2n) is 7.35. The quantitative estimate of drug-likeness (QED) is 0.729. The summed E-state index contributed by atoms with van der Waals surface area (Å²) in [7, 11) is 0. The molecule has 2 aliphatic rings. The second-order valence-corrected chi connectivity index (χ2v) is 8.27. The van der Waals surface area contributed by atoms with E-state index in [1.54, 1.807) is 35.2 Å². The number of carbonyl (C=O) groups is 1. The van der Waals surface area contributed by atoms with E-state index in [-0.39, 0.29) is 31.8 Å². The molecule has 29 heavy (non-hydrogen) atoms. The van der Waals surface area contributed by atoms with Crippen molar-refractivity contribution in [1.82, 2.24) is 0 Å². The highest BCUT2D eigenvalue weighted by Crippen LogP contribution is 2.34. The third-order valence-electron chi connectivity index (χ3n) is 5.36. The number of nitrogens with zero attached hydrogens (tertiary/aromatic N) is 2. The highest BCUT2D eigenvalue weighted by atomic mass is 79.9. The third kappa shape index (κ3) is 4.05. The Morgan fingerprint density at radius 1 is 1.34 bits per heavy atom. The van der Waals surface area contributed by atoms with Gasteiger partial charge < -0.3 is 19.8 Å². The van der Waals surface area contributed by atoms with Crippen molar-refractivity contribution in [3.63, 3.8) is 0 Å². The minimum absolute atomic E-state index is 0.0775. The van der Waals surface area contributed by atoms with E-state index in [9.17, 15) is 19.4 Å². The van der Waals surface area contributed by atoms with Crippen LogP contribution in [0, 0.1) is 5.82 Å². The van der Waals surface area contributed by atoms with Gasteiger partial charge in [0.05, 0.1) is 17.6 Å². The molecule has 0 amide bonds. The molecule has 0 unspecified atom stereocenters. The molecule has 8 heteroatoms. The number of Topliss-reactive ketones (excluding diaryl/α,β-unsaturated/α-hetero) is 1. The van der Waals surface area contributed by atoms with Crippen LogP contribution in [0.3, 0.4) is 0 Å². The fraction of sp³-hybridized carbons (Fsp3) is 0.333. The summed E-state index contributed by atoms with van der Waals surface area (Å²) in [5.74, 6) is -0.0405. The van der Waals surface area contributed by atoms with Gasteiger partial charge >= 0.3 is 0 Å². The van der Waals surface area contributed by atoms with Gasteiger partial charge in [-0.25, -0.2) is 4.39 Å². The van der Waals surface area contributed by atoms with Gasteiger partial charge in [-0.3, -0.25) is 9.79 Å². The molecule has 0 saturated carbocycles. The van der Waals surface area contributed by atoms with Gasteiger partial charge in [0, 0.05) is 29.5 Å². The summed E-state index contributed by atoms with van der Waals surface area (Å²) in [6.07, 6.45) is 0.557. The average Bonchev–Trinajstić information content (AvgIpc) is 2.69. The van der Waals surface area contributed by atoms with Crippen molar-refractivity contribution in [2.24, 2.45) is 4.99 Å². The van der Waals surface area contributed by atoms with Crippen molar-refractivity contribution in [3.8, 4) is 5.75 Å². The van der Waals surface area contributed by atoms with Gasteiger partial charge in [-0.1, -0.05) is 22.0 Å². The minimum Gasteiger partial charge on any atom is -0.490 e. The molecule has 4 rings (SSSR count). The lowest BCUT2D eigenvalue weighted by molar-refractivity contribution is -0.112. The monoisotopic (exact) mass is 462 g/mol. The number of rotatable bonds is 4. The Balaban J connectivity index is 1.46. The number of anilines is 1. The smallest absolute Gasteiger partial charge is 0.178 e. The Morgan fingerprint density at radius 3 is 2.93 bits per heavy atom. The Kier molecular flexibility index (Phi) is 5.42. The lowest BCUT2D eigenvalue weighted by atomic mass is 9.89. The maximum atomic E-state index is 14.2. The molecule has 2 atom stereocenters. The number of benzene rings is 2. The van der Waals surface area contributed by atoms with Crippen molar-refractivity contribution in [2.45, 2.75) is 24.5 Å². The summed E-state index contributed by atoms with van der Waals surface area (Å²) in [5.41, 5.74) is 0.235. The Morgan fingerprint density at radius 2 is 2.17 bits per heavy atom. The Labute approximate surface area is 175 Å². The maximum absolute atomic E-state index is 14.2. The predicted octanol–water partition coefficient (Wildman–Crippen LogP) is 2.80. The highest BCUT2D eigenvalue weighted by molar-refractivity contribution is 9.10. The zero-order valence-corrected chi connectivity index (χ0v) is 17.1. The summed E-state index contributed by atoms with van der Waals surface area (Å²) in [6, 6.07) is 10.0. The van der Waals surface area contributed by atoms with Crippen molar-refractivity contribution < 1.29 is 24.1 Å². The van der Waals surface area contributed by atoms with Gasteiger partial charge in [0.1, 0.15) is 29.9 Å². The van der Waals surface area contributed by atoms with Crippen LogP contribution in [0.25, 0.3) is 0 Å². The summed E-state index contributed by atoms with van der Waals surface area (Å²) < 4.78 is 20.7. The predicted molar refractivity (Wildman–Crippen MR) is 111 cm³/mol. The van der Waals surface area contributed by atoms with Gasteiger partial charge in [-0.15, -0.1) is 0 Å². The van der Waals surface area contributed by atoms with Crippen LogP contribution in [0.5, 0.6) is 5.75 Å². The number of ketones is 1. The Bertz CT molecular complexity index is 983. The number of hydrogen-bond donors (Lipinski definition) is 2. The first kappa shape index (κ1) is 20.0. The Hall–Kier alpha value is -2.29. The van der Waals surface area contributed by atoms with Crippen LogP contribution in [-0.4, -0.2) is 53.6 Å². The molecule has 1 fully saturated rings. The number of β-amino-alcohol motifs (C(OH)–C–C–N with tert-alkyl or cyclic N) is 1. The fourth-order valence-corrected chi connectivity index (χ4v) is 3.98. The normalized spacial score (nSPS) is 23.8. The molecule has 2 N–H and O–H groups in total. The second kappa shape index (κ2) is 7.85. The molecular weight excluding hydrogens is 443 g/mol. The molecule has 0 bridgehead atoms. The number of carbonyl (C=O) groups excluding carboxylic acids is 1. The van der Waals surface area contributed by atoms with E-state index in [1.807, 2.05) is 0 Å². The average molecular weight is 463 g/mol. The molecule has 1 saturated heterocycles. The number of hydrogen-bond acceptors (Lipinski definition) is 6. The summed E-state index contributed by atoms with van der Waals surface area (Å²) >= 11 is 3.23. The van der Waals surface area contributed by atoms with E-state index in [0.717, 1.165) is 0 Å². The fourth-order valence-electron chi connectivity index (χ4n) is 3.64. The van der Waals surface area contributed by atoms with Crippen LogP contribution in [0.1, 0.15) is 12.0 Å². The lowest BCUT2D eigenvalue weighted by Gasteiger charge is -2.42. The van der Waals surface area contributed by atoms with Gasteiger partial charge in [0.2, 0.25) is 0 Å². The number of aliphatic hydroxyl groups excluding tert-OH is 1. The van der Waals surface area contributed by atoms with E-state index in [2.05, 4.69) is 20.9 Å². The molecule has 0 aromatic heterocycles. The summed E-state index contributed by atoms with van der Waals surface area (Å²) in [5, 5.41) is 21.5. The van der Waals surface area contributed by atoms with Crippen LogP contribution in [0.15, 0.2) is 45.9 Å². The highest BCUT2D eigenvalue weighted by Gasteiger charge is 2.42. The van der Waals surface area contributed by atoms with Crippen molar-refractivity contribution in [2.75, 3.05) is 24.6 Å². The van der Waals surface area contributed by atoms with E-state index in [1.165, 1.54) is 12.3 Å². The zero-order chi connectivity index (χ0) is 20.6. The van der Waals surface area contributed by atoms with Crippen LogP contribution >= 0.6 is 15.9 Å². The SMILES string of the molecule is O=C1C=Nc2cccc(OC[C@]3(O)CCN(c4ccc(Br)cc4F)C[C@H]3O)c2C1. The van der Waals surface area contributed by atoms with Crippen LogP contribution < -0.4 is 9.64 Å². The van der Waals surface area contributed by atoms with Crippen LogP contribution in [-0.2, 0) is 11.2 Å². The first-order valence-corrected chi connectivity index (χ1v) is 10.1. The topological polar surface area (TPSA) is 82.4 Å². The van der Waals surface area contributed by atoms with E-state index in [0.29, 0.717) is 33.7 Å². The van der Waals surface area contributed by atoms with Crippen LogP contribution in [0.4, 0.5) is 15.8 Å². The molecule has 152 valence electrons. The minimum atomic E-state index is -1.48. The maximum Gasteiger partial charge on any atom is 0.178 e. The standard InChI is InChI=1S/C21H20BrFN2O4/c22-13-4-5-18(16(23)8-13)25-7-6-21(28,20(27)11-25)12-29-19-3-1-2-17-15(19)9-14(26)10-24-17/h1-5,8,10,20,27-28H,6-7,9,11-12H2/t20-,21-/m1/s1. The van der Waals surface area contributed by atoms with Gasteiger partial charge in [-0.2, -0.15) is 0 Å². The first-order chi connectivity index (χ1) is 13.9. The lowest BCUT2D eigenvalue weighted by Crippen LogP contribution is -2.58. The number of piperidine rings is 1. The molecule has 0 aliphatic carbocycles. The molecule has 0 spiro atoms. The van der Waals surface area contributed by atoms with Gasteiger partial charge in [-0.05, 0) is 36.8 Å². The van der Waals surface area contributed by atoms with E-state index in [4.69, 9.17) is 4.74 Å². The molecule has 2 heterocycles. The number of ether oxygens (including phenoxy) is 1. The number of aliphatic imine (C=N–C) groups is 1. The summed E-state index contributed by atoms with van der Waals surface area (Å²) in [4.78, 5) is 17.5. The molecular formula is C21H20BrFN2O4. The van der Waals surface area contributed by atoms with Gasteiger partial charge in [0.25, 0.3) is 0 Å². The number of halogens is 2. The van der Waals surface area contributed by atoms with Crippen molar-refractivity contribution >= 4 is 39.3 Å². The van der Waals surface area contributed by atoms with Crippen molar-refractivity contribution in [3.05, 3.63) is 52.3 Å². The molecule has 6 nitrogen and oxygen atoms in total. The molecule has 2 aliphatic heterocycles. The number of fused-ring (bicyclic) bond motifs is 1. The molecule has 2 aromatic carbocycles. The summed E-state index contributed by atoms with van der Waals surface area (Å²) in [6.45, 7) is 0.304.